The Morgan fingerprint density at radius 1 is 1.45 bits per heavy atom. The first-order valence-corrected chi connectivity index (χ1v) is 8.76. The van der Waals surface area contributed by atoms with Crippen LogP contribution in [0.15, 0.2) is 12.1 Å². The van der Waals surface area contributed by atoms with Crippen LogP contribution in [0.3, 0.4) is 0 Å². The second-order valence-corrected chi connectivity index (χ2v) is 7.03. The summed E-state index contributed by atoms with van der Waals surface area (Å²) in [4.78, 5) is 3.79. The SMILES string of the molecule is CCCNC(c1ccc(Cl)s1)C1CN(CCC)CCO1. The molecule has 0 radical (unpaired) electrons. The zero-order chi connectivity index (χ0) is 14.4. The number of hydrogen-bond acceptors (Lipinski definition) is 4. The molecule has 1 N–H and O–H groups in total. The number of hydrogen-bond donors (Lipinski definition) is 1. The van der Waals surface area contributed by atoms with Crippen LogP contribution in [0.1, 0.15) is 37.6 Å². The lowest BCUT2D eigenvalue weighted by Crippen LogP contribution is -2.48. The number of thiophene rings is 1. The van der Waals surface area contributed by atoms with E-state index in [2.05, 4.69) is 30.1 Å². The van der Waals surface area contributed by atoms with Gasteiger partial charge >= 0.3 is 0 Å². The third-order valence-electron chi connectivity index (χ3n) is 3.60. The van der Waals surface area contributed by atoms with E-state index in [1.807, 2.05) is 6.07 Å². The summed E-state index contributed by atoms with van der Waals surface area (Å²) in [6, 6.07) is 4.36. The number of halogens is 1. The van der Waals surface area contributed by atoms with Crippen molar-refractivity contribution in [2.24, 2.45) is 0 Å². The highest BCUT2D eigenvalue weighted by molar-refractivity contribution is 7.16. The Bertz CT molecular complexity index is 397. The molecular formula is C15H25ClN2OS. The van der Waals surface area contributed by atoms with E-state index < -0.39 is 0 Å². The molecule has 1 aliphatic heterocycles. The first kappa shape index (κ1) is 16.2. The van der Waals surface area contributed by atoms with Gasteiger partial charge in [0.2, 0.25) is 0 Å². The largest absolute Gasteiger partial charge is 0.374 e. The number of nitrogens with zero attached hydrogens (tertiary/aromatic N) is 1. The molecule has 2 unspecified atom stereocenters. The molecule has 0 aromatic carbocycles. The van der Waals surface area contributed by atoms with E-state index >= 15 is 0 Å². The molecule has 1 aliphatic rings. The van der Waals surface area contributed by atoms with Crippen molar-refractivity contribution < 1.29 is 4.74 Å². The predicted octanol–water partition coefficient (Wildman–Crippen LogP) is 3.55. The van der Waals surface area contributed by atoms with E-state index in [1.165, 1.54) is 11.3 Å². The zero-order valence-electron chi connectivity index (χ0n) is 12.4. The van der Waals surface area contributed by atoms with Gasteiger partial charge in [-0.15, -0.1) is 11.3 Å². The van der Waals surface area contributed by atoms with Gasteiger partial charge in [0.15, 0.2) is 0 Å². The topological polar surface area (TPSA) is 24.5 Å². The molecule has 1 aromatic rings. The first-order valence-electron chi connectivity index (χ1n) is 7.57. The predicted molar refractivity (Wildman–Crippen MR) is 86.8 cm³/mol. The Kier molecular flexibility index (Phi) is 6.78. The summed E-state index contributed by atoms with van der Waals surface area (Å²) >= 11 is 7.75. The van der Waals surface area contributed by atoms with E-state index in [0.29, 0.717) is 0 Å². The standard InChI is InChI=1S/C15H25ClN2OS/c1-3-7-17-15(13-5-6-14(16)20-13)12-11-18(8-4-2)9-10-19-12/h5-6,12,15,17H,3-4,7-11H2,1-2H3. The van der Waals surface area contributed by atoms with Gasteiger partial charge in [-0.3, -0.25) is 4.90 Å². The van der Waals surface area contributed by atoms with Gasteiger partial charge in [0.25, 0.3) is 0 Å². The molecule has 5 heteroatoms. The van der Waals surface area contributed by atoms with E-state index in [-0.39, 0.29) is 12.1 Å². The molecule has 20 heavy (non-hydrogen) atoms. The second-order valence-electron chi connectivity index (χ2n) is 5.28. The summed E-state index contributed by atoms with van der Waals surface area (Å²) in [6.45, 7) is 9.47. The number of nitrogens with one attached hydrogen (secondary N) is 1. The van der Waals surface area contributed by atoms with Crippen molar-refractivity contribution in [1.29, 1.82) is 0 Å². The van der Waals surface area contributed by atoms with Gasteiger partial charge in [-0.2, -0.15) is 0 Å². The normalized spacial score (nSPS) is 22.1. The fourth-order valence-electron chi connectivity index (χ4n) is 2.66. The summed E-state index contributed by atoms with van der Waals surface area (Å²) < 4.78 is 6.89. The lowest BCUT2D eigenvalue weighted by molar-refractivity contribution is -0.0464. The van der Waals surface area contributed by atoms with Crippen molar-refractivity contribution in [2.45, 2.75) is 38.8 Å². The monoisotopic (exact) mass is 316 g/mol. The number of ether oxygens (including phenoxy) is 1. The molecule has 114 valence electrons. The van der Waals surface area contributed by atoms with E-state index in [9.17, 15) is 0 Å². The van der Waals surface area contributed by atoms with Crippen molar-refractivity contribution in [3.63, 3.8) is 0 Å². The van der Waals surface area contributed by atoms with Gasteiger partial charge in [0.1, 0.15) is 0 Å². The van der Waals surface area contributed by atoms with E-state index in [1.54, 1.807) is 11.3 Å². The summed E-state index contributed by atoms with van der Waals surface area (Å²) in [6.07, 6.45) is 2.54. The van der Waals surface area contributed by atoms with Crippen LogP contribution in [-0.2, 0) is 4.74 Å². The zero-order valence-corrected chi connectivity index (χ0v) is 14.0. The van der Waals surface area contributed by atoms with Crippen molar-refractivity contribution in [3.8, 4) is 0 Å². The van der Waals surface area contributed by atoms with Crippen LogP contribution in [0, 0.1) is 0 Å². The molecule has 3 nitrogen and oxygen atoms in total. The summed E-state index contributed by atoms with van der Waals surface area (Å²) in [7, 11) is 0. The molecule has 1 saturated heterocycles. The van der Waals surface area contributed by atoms with Crippen LogP contribution in [0.5, 0.6) is 0 Å². The highest BCUT2D eigenvalue weighted by atomic mass is 35.5. The Balaban J connectivity index is 2.05. The first-order chi connectivity index (χ1) is 9.74. The number of morpholine rings is 1. The van der Waals surface area contributed by atoms with Crippen molar-refractivity contribution in [3.05, 3.63) is 21.3 Å². The quantitative estimate of drug-likeness (QED) is 0.832. The van der Waals surface area contributed by atoms with Crippen LogP contribution in [-0.4, -0.2) is 43.8 Å². The average molecular weight is 317 g/mol. The molecule has 0 saturated carbocycles. The molecule has 1 aromatic heterocycles. The van der Waals surface area contributed by atoms with Gasteiger partial charge in [-0.05, 0) is 38.1 Å². The third kappa shape index (κ3) is 4.43. The van der Waals surface area contributed by atoms with Gasteiger partial charge in [-0.1, -0.05) is 25.4 Å². The smallest absolute Gasteiger partial charge is 0.0931 e. The number of rotatable bonds is 7. The van der Waals surface area contributed by atoms with Crippen molar-refractivity contribution in [2.75, 3.05) is 32.8 Å². The maximum Gasteiger partial charge on any atom is 0.0931 e. The maximum absolute atomic E-state index is 6.10. The van der Waals surface area contributed by atoms with Crippen LogP contribution < -0.4 is 5.32 Å². The Labute approximate surface area is 131 Å². The third-order valence-corrected chi connectivity index (χ3v) is 4.92. The average Bonchev–Trinajstić information content (AvgIpc) is 2.87. The highest BCUT2D eigenvalue weighted by Gasteiger charge is 2.29. The summed E-state index contributed by atoms with van der Waals surface area (Å²) in [5.74, 6) is 0. The van der Waals surface area contributed by atoms with Crippen LogP contribution >= 0.6 is 22.9 Å². The van der Waals surface area contributed by atoms with E-state index in [0.717, 1.165) is 43.5 Å². The Hall–Kier alpha value is -0.130. The molecule has 0 aliphatic carbocycles. The van der Waals surface area contributed by atoms with Crippen LogP contribution in [0.4, 0.5) is 0 Å². The molecule has 1 fully saturated rings. The summed E-state index contributed by atoms with van der Waals surface area (Å²) in [5.41, 5.74) is 0. The molecule has 0 amide bonds. The Morgan fingerprint density at radius 2 is 2.30 bits per heavy atom. The molecular weight excluding hydrogens is 292 g/mol. The molecule has 0 bridgehead atoms. The summed E-state index contributed by atoms with van der Waals surface area (Å²) in [5, 5.41) is 3.63. The van der Waals surface area contributed by atoms with Crippen molar-refractivity contribution in [1.82, 2.24) is 10.2 Å². The highest BCUT2D eigenvalue weighted by Crippen LogP contribution is 2.31. The van der Waals surface area contributed by atoms with E-state index in [4.69, 9.17) is 16.3 Å². The van der Waals surface area contributed by atoms with Gasteiger partial charge < -0.3 is 10.1 Å². The lowest BCUT2D eigenvalue weighted by atomic mass is 10.1. The fraction of sp³-hybridized carbons (Fsp3) is 0.733. The van der Waals surface area contributed by atoms with Gasteiger partial charge in [-0.25, -0.2) is 0 Å². The molecule has 2 atom stereocenters. The second kappa shape index (κ2) is 8.35. The fourth-order valence-corrected chi connectivity index (χ4v) is 3.85. The van der Waals surface area contributed by atoms with Crippen LogP contribution in [0.25, 0.3) is 0 Å². The molecule has 2 heterocycles. The minimum absolute atomic E-state index is 0.219. The Morgan fingerprint density at radius 3 is 2.95 bits per heavy atom. The minimum atomic E-state index is 0.219. The lowest BCUT2D eigenvalue weighted by Gasteiger charge is -2.37. The molecule has 2 rings (SSSR count). The minimum Gasteiger partial charge on any atom is -0.374 e. The van der Waals surface area contributed by atoms with Crippen LogP contribution in [0.2, 0.25) is 4.34 Å². The van der Waals surface area contributed by atoms with Gasteiger partial charge in [0.05, 0.1) is 23.1 Å². The van der Waals surface area contributed by atoms with Gasteiger partial charge in [0, 0.05) is 18.0 Å². The maximum atomic E-state index is 6.10. The molecule has 0 spiro atoms. The van der Waals surface area contributed by atoms with Crippen molar-refractivity contribution >= 4 is 22.9 Å².